The highest BCUT2D eigenvalue weighted by Crippen LogP contribution is 2.27. The van der Waals surface area contributed by atoms with Crippen molar-refractivity contribution in [3.8, 4) is 0 Å². The summed E-state index contributed by atoms with van der Waals surface area (Å²) in [6.45, 7) is 0.257. The summed E-state index contributed by atoms with van der Waals surface area (Å²) < 4.78 is 9.92. The van der Waals surface area contributed by atoms with Gasteiger partial charge in [-0.25, -0.2) is 9.59 Å². The molecule has 1 aromatic rings. The summed E-state index contributed by atoms with van der Waals surface area (Å²) in [4.78, 5) is 36.1. The van der Waals surface area contributed by atoms with E-state index in [1.807, 2.05) is 30.3 Å². The van der Waals surface area contributed by atoms with Crippen LogP contribution in [0.5, 0.6) is 0 Å². The van der Waals surface area contributed by atoms with Crippen LogP contribution in [0.25, 0.3) is 0 Å². The molecule has 1 heterocycles. The van der Waals surface area contributed by atoms with Gasteiger partial charge < -0.3 is 14.6 Å². The summed E-state index contributed by atoms with van der Waals surface area (Å²) >= 11 is 0. The predicted molar refractivity (Wildman–Crippen MR) is 79.5 cm³/mol. The van der Waals surface area contributed by atoms with Crippen molar-refractivity contribution in [2.24, 2.45) is 5.92 Å². The Morgan fingerprint density at radius 1 is 1.26 bits per heavy atom. The molecule has 0 bridgehead atoms. The minimum absolute atomic E-state index is 0.0909. The number of likely N-dealkylation sites (tertiary alicyclic amines) is 1. The lowest BCUT2D eigenvalue weighted by molar-refractivity contribution is -0.145. The zero-order valence-electron chi connectivity index (χ0n) is 12.8. The van der Waals surface area contributed by atoms with Crippen molar-refractivity contribution in [3.05, 3.63) is 35.9 Å². The Bertz CT molecular complexity index is 573. The molecule has 7 heteroatoms. The summed E-state index contributed by atoms with van der Waals surface area (Å²) in [5.74, 6) is -1.81. The fourth-order valence-corrected chi connectivity index (χ4v) is 2.68. The summed E-state index contributed by atoms with van der Waals surface area (Å²) in [5, 5.41) is 8.88. The molecule has 1 unspecified atom stereocenters. The quantitative estimate of drug-likeness (QED) is 0.829. The van der Waals surface area contributed by atoms with Crippen LogP contribution in [0.3, 0.4) is 0 Å². The van der Waals surface area contributed by atoms with Crippen molar-refractivity contribution in [3.63, 3.8) is 0 Å². The molecule has 2 rings (SSSR count). The SMILES string of the molecule is COC(=O)[C@@H]1CC(CC(=O)O)CN1C(=O)OCc1ccccc1. The number of esters is 1. The van der Waals surface area contributed by atoms with Crippen LogP contribution in [0, 0.1) is 5.92 Å². The van der Waals surface area contributed by atoms with Gasteiger partial charge in [0.2, 0.25) is 0 Å². The smallest absolute Gasteiger partial charge is 0.410 e. The maximum atomic E-state index is 12.2. The molecule has 7 nitrogen and oxygen atoms in total. The average Bonchev–Trinajstić information content (AvgIpc) is 2.96. The zero-order chi connectivity index (χ0) is 16.8. The molecule has 1 aliphatic heterocycles. The van der Waals surface area contributed by atoms with Gasteiger partial charge in [-0.05, 0) is 17.9 Å². The van der Waals surface area contributed by atoms with E-state index in [4.69, 9.17) is 14.6 Å². The van der Waals surface area contributed by atoms with Gasteiger partial charge in [0, 0.05) is 13.0 Å². The summed E-state index contributed by atoms with van der Waals surface area (Å²) in [5.41, 5.74) is 0.830. The van der Waals surface area contributed by atoms with Gasteiger partial charge in [-0.1, -0.05) is 30.3 Å². The second-order valence-electron chi connectivity index (χ2n) is 5.43. The number of carboxylic acids is 1. The first-order valence-electron chi connectivity index (χ1n) is 7.28. The Balaban J connectivity index is 2.00. The van der Waals surface area contributed by atoms with E-state index < -0.39 is 24.1 Å². The lowest BCUT2D eigenvalue weighted by Gasteiger charge is -2.22. The molecule has 1 aliphatic rings. The third kappa shape index (κ3) is 4.45. The van der Waals surface area contributed by atoms with E-state index in [2.05, 4.69) is 0 Å². The number of carbonyl (C=O) groups is 3. The van der Waals surface area contributed by atoms with Crippen molar-refractivity contribution in [2.75, 3.05) is 13.7 Å². The highest BCUT2D eigenvalue weighted by molar-refractivity contribution is 5.82. The Morgan fingerprint density at radius 2 is 1.96 bits per heavy atom. The number of hydrogen-bond donors (Lipinski definition) is 1. The van der Waals surface area contributed by atoms with E-state index in [0.29, 0.717) is 0 Å². The van der Waals surface area contributed by atoms with Gasteiger partial charge in [0.05, 0.1) is 7.11 Å². The Kier molecular flexibility index (Phi) is 5.56. The van der Waals surface area contributed by atoms with Crippen molar-refractivity contribution in [2.45, 2.75) is 25.5 Å². The summed E-state index contributed by atoms with van der Waals surface area (Å²) in [7, 11) is 1.24. The first-order chi connectivity index (χ1) is 11.0. The lowest BCUT2D eigenvalue weighted by atomic mass is 10.0. The van der Waals surface area contributed by atoms with E-state index in [9.17, 15) is 14.4 Å². The van der Waals surface area contributed by atoms with Gasteiger partial charge in [-0.2, -0.15) is 0 Å². The van der Waals surface area contributed by atoms with Crippen LogP contribution in [-0.2, 0) is 25.7 Å². The molecule has 0 radical (unpaired) electrons. The molecular formula is C16H19NO6. The number of carboxylic acid groups (broad SMARTS) is 1. The molecule has 1 aromatic carbocycles. The maximum absolute atomic E-state index is 12.2. The molecule has 0 aliphatic carbocycles. The topological polar surface area (TPSA) is 93.1 Å². The minimum atomic E-state index is -0.960. The normalized spacial score (nSPS) is 20.1. The number of benzene rings is 1. The number of ether oxygens (including phenoxy) is 2. The van der Waals surface area contributed by atoms with Crippen molar-refractivity contribution < 1.29 is 29.0 Å². The standard InChI is InChI=1S/C16H19NO6/c1-22-15(20)13-7-12(8-14(18)19)9-17(13)16(21)23-10-11-5-3-2-4-6-11/h2-6,12-13H,7-10H2,1H3,(H,18,19)/t12?,13-/m0/s1. The van der Waals surface area contributed by atoms with Gasteiger partial charge in [-0.3, -0.25) is 9.69 Å². The van der Waals surface area contributed by atoms with Crippen LogP contribution in [-0.4, -0.2) is 47.7 Å². The van der Waals surface area contributed by atoms with Crippen molar-refractivity contribution in [1.29, 1.82) is 0 Å². The number of nitrogens with zero attached hydrogens (tertiary/aromatic N) is 1. The van der Waals surface area contributed by atoms with E-state index in [1.54, 1.807) is 0 Å². The average molecular weight is 321 g/mol. The monoisotopic (exact) mass is 321 g/mol. The summed E-state index contributed by atoms with van der Waals surface area (Å²) in [6, 6.07) is 8.37. The van der Waals surface area contributed by atoms with Crippen molar-refractivity contribution >= 4 is 18.0 Å². The molecule has 2 atom stereocenters. The number of carbonyl (C=O) groups excluding carboxylic acids is 2. The van der Waals surface area contributed by atoms with E-state index >= 15 is 0 Å². The lowest BCUT2D eigenvalue weighted by Crippen LogP contribution is -2.41. The number of aliphatic carboxylic acids is 1. The fraction of sp³-hybridized carbons (Fsp3) is 0.438. The van der Waals surface area contributed by atoms with Gasteiger partial charge in [0.1, 0.15) is 12.6 Å². The molecule has 23 heavy (non-hydrogen) atoms. The Labute approximate surface area is 133 Å². The van der Waals surface area contributed by atoms with Crippen LogP contribution in [0.1, 0.15) is 18.4 Å². The zero-order valence-corrected chi connectivity index (χ0v) is 12.8. The van der Waals surface area contributed by atoms with Gasteiger partial charge in [0.15, 0.2) is 0 Å². The van der Waals surface area contributed by atoms with Crippen LogP contribution in [0.2, 0.25) is 0 Å². The Hall–Kier alpha value is -2.57. The molecule has 1 N–H and O–H groups in total. The largest absolute Gasteiger partial charge is 0.481 e. The molecule has 1 saturated heterocycles. The molecule has 124 valence electrons. The second kappa shape index (κ2) is 7.62. The number of methoxy groups -OCH3 is 1. The van der Waals surface area contributed by atoms with Crippen LogP contribution < -0.4 is 0 Å². The highest BCUT2D eigenvalue weighted by Gasteiger charge is 2.41. The maximum Gasteiger partial charge on any atom is 0.410 e. The van der Waals surface area contributed by atoms with Crippen LogP contribution in [0.4, 0.5) is 4.79 Å². The number of amides is 1. The highest BCUT2D eigenvalue weighted by atomic mass is 16.6. The van der Waals surface area contributed by atoms with E-state index in [-0.39, 0.29) is 31.9 Å². The first kappa shape index (κ1) is 16.8. The van der Waals surface area contributed by atoms with Crippen LogP contribution in [0.15, 0.2) is 30.3 Å². The third-order valence-corrected chi connectivity index (χ3v) is 3.76. The molecule has 0 spiro atoms. The molecule has 1 fully saturated rings. The van der Waals surface area contributed by atoms with Crippen LogP contribution >= 0.6 is 0 Å². The van der Waals surface area contributed by atoms with Gasteiger partial charge in [0.25, 0.3) is 0 Å². The van der Waals surface area contributed by atoms with Crippen molar-refractivity contribution in [1.82, 2.24) is 4.90 Å². The molecule has 1 amide bonds. The second-order valence-corrected chi connectivity index (χ2v) is 5.43. The summed E-state index contributed by atoms with van der Waals surface area (Å²) in [6.07, 6.45) is -0.479. The first-order valence-corrected chi connectivity index (χ1v) is 7.28. The Morgan fingerprint density at radius 3 is 2.57 bits per heavy atom. The molecule has 0 aromatic heterocycles. The van der Waals surface area contributed by atoms with E-state index in [0.717, 1.165) is 5.56 Å². The number of rotatable bonds is 5. The molecule has 0 saturated carbocycles. The molecular weight excluding hydrogens is 302 g/mol. The van der Waals surface area contributed by atoms with Gasteiger partial charge >= 0.3 is 18.0 Å². The predicted octanol–water partition coefficient (Wildman–Crippen LogP) is 1.66. The fourth-order valence-electron chi connectivity index (χ4n) is 2.68. The van der Waals surface area contributed by atoms with E-state index in [1.165, 1.54) is 12.0 Å². The number of hydrogen-bond acceptors (Lipinski definition) is 5. The third-order valence-electron chi connectivity index (χ3n) is 3.76. The van der Waals surface area contributed by atoms with Gasteiger partial charge in [-0.15, -0.1) is 0 Å². The minimum Gasteiger partial charge on any atom is -0.481 e.